The zero-order valence-corrected chi connectivity index (χ0v) is 17.4. The van der Waals surface area contributed by atoms with E-state index in [1.165, 1.54) is 19.2 Å². The van der Waals surface area contributed by atoms with E-state index in [4.69, 9.17) is 4.74 Å². The minimum absolute atomic E-state index is 0.247. The van der Waals surface area contributed by atoms with E-state index < -0.39 is 5.97 Å². The van der Waals surface area contributed by atoms with Crippen LogP contribution in [0.2, 0.25) is 0 Å². The Bertz CT molecular complexity index is 1420. The maximum Gasteiger partial charge on any atom is 0.356 e. The Morgan fingerprint density at radius 2 is 1.75 bits per heavy atom. The van der Waals surface area contributed by atoms with Crippen LogP contribution in [0.25, 0.3) is 33.1 Å². The minimum Gasteiger partial charge on any atom is -0.464 e. The van der Waals surface area contributed by atoms with E-state index in [0.29, 0.717) is 12.2 Å². The molecule has 6 heteroatoms. The number of nitrogens with one attached hydrogen (secondary N) is 2. The standard InChI is InChI=1S/C26H20FN3O2/c1-32-26(31)23-14-21-20-4-2-3-5-22(20)29-25(21)24(30-23)17-8-12-19(13-9-17)28-15-16-6-10-18(27)11-7-16/h2-14,28-29H,15H2,1H3. The van der Waals surface area contributed by atoms with Gasteiger partial charge in [-0.15, -0.1) is 0 Å². The summed E-state index contributed by atoms with van der Waals surface area (Å²) in [5, 5.41) is 5.27. The molecule has 2 N–H and O–H groups in total. The Balaban J connectivity index is 1.51. The molecule has 2 heterocycles. The molecule has 0 saturated carbocycles. The molecule has 3 aromatic carbocycles. The van der Waals surface area contributed by atoms with Crippen molar-refractivity contribution in [1.82, 2.24) is 9.97 Å². The van der Waals surface area contributed by atoms with Crippen LogP contribution in [-0.4, -0.2) is 23.0 Å². The van der Waals surface area contributed by atoms with E-state index in [1.54, 1.807) is 18.2 Å². The van der Waals surface area contributed by atoms with E-state index in [0.717, 1.165) is 38.6 Å². The molecule has 0 aliphatic carbocycles. The zero-order valence-electron chi connectivity index (χ0n) is 17.4. The number of H-pyrrole nitrogens is 1. The van der Waals surface area contributed by atoms with Gasteiger partial charge in [0.2, 0.25) is 0 Å². The molecule has 0 bridgehead atoms. The van der Waals surface area contributed by atoms with E-state index in [9.17, 15) is 9.18 Å². The molecule has 158 valence electrons. The first-order chi connectivity index (χ1) is 15.6. The lowest BCUT2D eigenvalue weighted by atomic mass is 10.1. The summed E-state index contributed by atoms with van der Waals surface area (Å²) in [4.78, 5) is 20.3. The van der Waals surface area contributed by atoms with Crippen molar-refractivity contribution in [3.63, 3.8) is 0 Å². The van der Waals surface area contributed by atoms with Gasteiger partial charge in [-0.3, -0.25) is 0 Å². The summed E-state index contributed by atoms with van der Waals surface area (Å²) in [5.41, 5.74) is 5.58. The highest BCUT2D eigenvalue weighted by Gasteiger charge is 2.17. The molecule has 0 aliphatic heterocycles. The van der Waals surface area contributed by atoms with Crippen LogP contribution in [0.15, 0.2) is 78.9 Å². The van der Waals surface area contributed by atoms with Gasteiger partial charge in [-0.05, 0) is 42.0 Å². The Kier molecular flexibility index (Phi) is 5.03. The van der Waals surface area contributed by atoms with Crippen molar-refractivity contribution in [3.05, 3.63) is 95.9 Å². The monoisotopic (exact) mass is 425 g/mol. The van der Waals surface area contributed by atoms with Crippen molar-refractivity contribution < 1.29 is 13.9 Å². The first kappa shape index (κ1) is 19.8. The van der Waals surface area contributed by atoms with Crippen LogP contribution >= 0.6 is 0 Å². The Morgan fingerprint density at radius 3 is 2.50 bits per heavy atom. The second-order valence-corrected chi connectivity index (χ2v) is 7.50. The van der Waals surface area contributed by atoms with Gasteiger partial charge in [-0.25, -0.2) is 14.2 Å². The number of aromatic amines is 1. The molecule has 32 heavy (non-hydrogen) atoms. The third-order valence-corrected chi connectivity index (χ3v) is 5.46. The van der Waals surface area contributed by atoms with E-state index in [1.807, 2.05) is 48.5 Å². The zero-order chi connectivity index (χ0) is 22.1. The first-order valence-electron chi connectivity index (χ1n) is 10.2. The third kappa shape index (κ3) is 3.67. The maximum atomic E-state index is 13.1. The van der Waals surface area contributed by atoms with Gasteiger partial charge in [0, 0.05) is 34.1 Å². The number of aromatic nitrogens is 2. The smallest absolute Gasteiger partial charge is 0.356 e. The van der Waals surface area contributed by atoms with Crippen LogP contribution in [0.1, 0.15) is 16.1 Å². The number of benzene rings is 3. The van der Waals surface area contributed by atoms with Gasteiger partial charge in [0.15, 0.2) is 0 Å². The van der Waals surface area contributed by atoms with Crippen molar-refractivity contribution in [2.45, 2.75) is 6.54 Å². The molecule has 5 aromatic rings. The molecule has 0 atom stereocenters. The minimum atomic E-state index is -0.476. The lowest BCUT2D eigenvalue weighted by molar-refractivity contribution is 0.0594. The number of esters is 1. The number of hydrogen-bond acceptors (Lipinski definition) is 4. The van der Waals surface area contributed by atoms with Crippen LogP contribution in [0.4, 0.5) is 10.1 Å². The van der Waals surface area contributed by atoms with E-state index in [-0.39, 0.29) is 11.5 Å². The summed E-state index contributed by atoms with van der Waals surface area (Å²) in [6, 6.07) is 24.0. The number of pyridine rings is 1. The normalized spacial score (nSPS) is 11.1. The number of carbonyl (C=O) groups is 1. The van der Waals surface area contributed by atoms with Crippen molar-refractivity contribution in [2.24, 2.45) is 0 Å². The first-order valence-corrected chi connectivity index (χ1v) is 10.2. The highest BCUT2D eigenvalue weighted by atomic mass is 19.1. The van der Waals surface area contributed by atoms with Gasteiger partial charge < -0.3 is 15.0 Å². The molecule has 0 radical (unpaired) electrons. The molecule has 5 rings (SSSR count). The van der Waals surface area contributed by atoms with Crippen molar-refractivity contribution >= 4 is 33.5 Å². The molecular weight excluding hydrogens is 405 g/mol. The molecule has 0 spiro atoms. The Morgan fingerprint density at radius 1 is 1.00 bits per heavy atom. The molecule has 0 unspecified atom stereocenters. The number of carbonyl (C=O) groups excluding carboxylic acids is 1. The van der Waals surface area contributed by atoms with Crippen LogP contribution < -0.4 is 5.32 Å². The summed E-state index contributed by atoms with van der Waals surface area (Å²) in [6.07, 6.45) is 0. The highest BCUT2D eigenvalue weighted by Crippen LogP contribution is 2.33. The van der Waals surface area contributed by atoms with Crippen LogP contribution in [-0.2, 0) is 11.3 Å². The molecule has 2 aromatic heterocycles. The van der Waals surface area contributed by atoms with Gasteiger partial charge in [-0.1, -0.05) is 42.5 Å². The van der Waals surface area contributed by atoms with E-state index in [2.05, 4.69) is 15.3 Å². The number of hydrogen-bond donors (Lipinski definition) is 2. The summed E-state index contributed by atoms with van der Waals surface area (Å²) in [7, 11) is 1.35. The second kappa shape index (κ2) is 8.15. The Labute approximate surface area is 183 Å². The highest BCUT2D eigenvalue weighted by molar-refractivity contribution is 6.12. The summed E-state index contributed by atoms with van der Waals surface area (Å²) < 4.78 is 18.0. The third-order valence-electron chi connectivity index (χ3n) is 5.46. The number of ether oxygens (including phenoxy) is 1. The van der Waals surface area contributed by atoms with Gasteiger partial charge in [-0.2, -0.15) is 0 Å². The number of nitrogens with zero attached hydrogens (tertiary/aromatic N) is 1. The maximum absolute atomic E-state index is 13.1. The number of para-hydroxylation sites is 1. The summed E-state index contributed by atoms with van der Waals surface area (Å²) >= 11 is 0. The van der Waals surface area contributed by atoms with Gasteiger partial charge in [0.25, 0.3) is 0 Å². The number of methoxy groups -OCH3 is 1. The average Bonchev–Trinajstić information content (AvgIpc) is 3.22. The molecule has 5 nitrogen and oxygen atoms in total. The fraction of sp³-hybridized carbons (Fsp3) is 0.0769. The van der Waals surface area contributed by atoms with Crippen molar-refractivity contribution in [1.29, 1.82) is 0 Å². The summed E-state index contributed by atoms with van der Waals surface area (Å²) in [6.45, 7) is 0.585. The number of halogens is 1. The van der Waals surface area contributed by atoms with Gasteiger partial charge in [0.05, 0.1) is 18.3 Å². The van der Waals surface area contributed by atoms with Gasteiger partial charge >= 0.3 is 5.97 Å². The predicted octanol–water partition coefficient (Wildman–Crippen LogP) is 5.92. The average molecular weight is 425 g/mol. The molecule has 0 amide bonds. The lowest BCUT2D eigenvalue weighted by Gasteiger charge is -2.09. The van der Waals surface area contributed by atoms with Crippen molar-refractivity contribution in [2.75, 3.05) is 12.4 Å². The van der Waals surface area contributed by atoms with Crippen LogP contribution in [0.5, 0.6) is 0 Å². The van der Waals surface area contributed by atoms with E-state index >= 15 is 0 Å². The largest absolute Gasteiger partial charge is 0.464 e. The molecule has 0 fully saturated rings. The fourth-order valence-electron chi connectivity index (χ4n) is 3.82. The number of anilines is 1. The molecule has 0 aliphatic rings. The van der Waals surface area contributed by atoms with Crippen LogP contribution in [0, 0.1) is 5.82 Å². The lowest BCUT2D eigenvalue weighted by Crippen LogP contribution is -2.05. The number of rotatable bonds is 5. The summed E-state index contributed by atoms with van der Waals surface area (Å²) in [5.74, 6) is -0.723. The van der Waals surface area contributed by atoms with Crippen molar-refractivity contribution in [3.8, 4) is 11.3 Å². The second-order valence-electron chi connectivity index (χ2n) is 7.50. The molecular formula is C26H20FN3O2. The SMILES string of the molecule is COC(=O)c1cc2c([nH]c3ccccc32)c(-c2ccc(NCc3ccc(F)cc3)cc2)n1. The topological polar surface area (TPSA) is 67.0 Å². The molecule has 0 saturated heterocycles. The Hall–Kier alpha value is -4.19. The predicted molar refractivity (Wildman–Crippen MR) is 124 cm³/mol. The van der Waals surface area contributed by atoms with Gasteiger partial charge in [0.1, 0.15) is 11.5 Å². The number of fused-ring (bicyclic) bond motifs is 3. The fourth-order valence-corrected chi connectivity index (χ4v) is 3.82. The van der Waals surface area contributed by atoms with Crippen LogP contribution in [0.3, 0.4) is 0 Å². The quantitative estimate of drug-likeness (QED) is 0.343.